The maximum Gasteiger partial charge on any atom is 0.141 e. The van der Waals surface area contributed by atoms with Crippen molar-refractivity contribution < 1.29 is 4.39 Å². The van der Waals surface area contributed by atoms with E-state index in [0.717, 1.165) is 12.1 Å². The van der Waals surface area contributed by atoms with Crippen molar-refractivity contribution in [2.24, 2.45) is 11.7 Å². The topological polar surface area (TPSA) is 38.9 Å². The van der Waals surface area contributed by atoms with Crippen molar-refractivity contribution in [2.45, 2.75) is 25.3 Å². The second-order valence-corrected chi connectivity index (χ2v) is 3.77. The highest BCUT2D eigenvalue weighted by Gasteiger charge is 2.36. The number of rotatable bonds is 1. The molecule has 2 N–H and O–H groups in total. The van der Waals surface area contributed by atoms with Crippen LogP contribution < -0.4 is 5.73 Å². The van der Waals surface area contributed by atoms with Crippen LogP contribution in [0.2, 0.25) is 0 Å². The predicted octanol–water partition coefficient (Wildman–Crippen LogP) is 1.67. The van der Waals surface area contributed by atoms with Crippen molar-refractivity contribution in [2.75, 3.05) is 0 Å². The highest BCUT2D eigenvalue weighted by Crippen LogP contribution is 2.40. The Balaban J connectivity index is 2.14. The van der Waals surface area contributed by atoms with Crippen LogP contribution in [0.3, 0.4) is 0 Å². The molecule has 2 nitrogen and oxygen atoms in total. The monoisotopic (exact) mass is 180 g/mol. The lowest BCUT2D eigenvalue weighted by atomic mass is 9.69. The molecule has 0 spiro atoms. The number of aromatic nitrogens is 1. The first-order chi connectivity index (χ1) is 6.18. The third-order valence-electron chi connectivity index (χ3n) is 2.97. The van der Waals surface area contributed by atoms with E-state index >= 15 is 0 Å². The lowest BCUT2D eigenvalue weighted by molar-refractivity contribution is 0.222. The van der Waals surface area contributed by atoms with Crippen LogP contribution in [0.1, 0.15) is 25.0 Å². The van der Waals surface area contributed by atoms with Crippen LogP contribution in [0, 0.1) is 11.7 Å². The molecule has 1 heterocycles. The Morgan fingerprint density at radius 1 is 1.54 bits per heavy atom. The SMILES string of the molecule is CC1C(N)CC1c1ccc(F)cn1. The highest BCUT2D eigenvalue weighted by molar-refractivity contribution is 5.16. The van der Waals surface area contributed by atoms with E-state index in [9.17, 15) is 4.39 Å². The average molecular weight is 180 g/mol. The molecule has 0 aliphatic heterocycles. The lowest BCUT2D eigenvalue weighted by Gasteiger charge is -2.40. The largest absolute Gasteiger partial charge is 0.327 e. The Hall–Kier alpha value is -0.960. The van der Waals surface area contributed by atoms with Crippen LogP contribution in [0.25, 0.3) is 0 Å². The normalized spacial score (nSPS) is 32.7. The Labute approximate surface area is 77.0 Å². The molecule has 0 saturated heterocycles. The standard InChI is InChI=1S/C10H13FN2/c1-6-8(4-9(6)12)10-3-2-7(11)5-13-10/h2-3,5-6,8-9H,4,12H2,1H3. The average Bonchev–Trinajstić information content (AvgIpc) is 2.15. The highest BCUT2D eigenvalue weighted by atomic mass is 19.1. The van der Waals surface area contributed by atoms with Crippen molar-refractivity contribution in [1.82, 2.24) is 4.98 Å². The summed E-state index contributed by atoms with van der Waals surface area (Å²) in [4.78, 5) is 4.05. The van der Waals surface area contributed by atoms with E-state index in [1.54, 1.807) is 6.07 Å². The molecule has 70 valence electrons. The molecule has 1 fully saturated rings. The van der Waals surface area contributed by atoms with Gasteiger partial charge in [0, 0.05) is 17.7 Å². The zero-order chi connectivity index (χ0) is 9.42. The number of nitrogens with two attached hydrogens (primary N) is 1. The quantitative estimate of drug-likeness (QED) is 0.714. The van der Waals surface area contributed by atoms with E-state index in [-0.39, 0.29) is 11.9 Å². The second-order valence-electron chi connectivity index (χ2n) is 3.77. The van der Waals surface area contributed by atoms with Gasteiger partial charge >= 0.3 is 0 Å². The van der Waals surface area contributed by atoms with Crippen molar-refractivity contribution in [3.8, 4) is 0 Å². The summed E-state index contributed by atoms with van der Waals surface area (Å²) in [5.41, 5.74) is 6.75. The molecule has 3 heteroatoms. The number of hydrogen-bond donors (Lipinski definition) is 1. The van der Waals surface area contributed by atoms with Gasteiger partial charge in [-0.25, -0.2) is 4.39 Å². The minimum atomic E-state index is -0.278. The van der Waals surface area contributed by atoms with Gasteiger partial charge < -0.3 is 5.73 Å². The van der Waals surface area contributed by atoms with Gasteiger partial charge in [0.25, 0.3) is 0 Å². The van der Waals surface area contributed by atoms with E-state index in [1.807, 2.05) is 0 Å². The fourth-order valence-electron chi connectivity index (χ4n) is 1.82. The Morgan fingerprint density at radius 3 is 2.77 bits per heavy atom. The van der Waals surface area contributed by atoms with Crippen LogP contribution in [-0.2, 0) is 0 Å². The van der Waals surface area contributed by atoms with Gasteiger partial charge in [-0.2, -0.15) is 0 Å². The van der Waals surface area contributed by atoms with E-state index < -0.39 is 0 Å². The zero-order valence-corrected chi connectivity index (χ0v) is 7.57. The lowest BCUT2D eigenvalue weighted by Crippen LogP contribution is -2.44. The van der Waals surface area contributed by atoms with E-state index in [4.69, 9.17) is 5.73 Å². The third kappa shape index (κ3) is 1.44. The molecular weight excluding hydrogens is 167 g/mol. The van der Waals surface area contributed by atoms with Gasteiger partial charge in [0.05, 0.1) is 6.20 Å². The summed E-state index contributed by atoms with van der Waals surface area (Å²) in [6, 6.07) is 3.50. The summed E-state index contributed by atoms with van der Waals surface area (Å²) in [7, 11) is 0. The smallest absolute Gasteiger partial charge is 0.141 e. The molecule has 2 rings (SSSR count). The van der Waals surface area contributed by atoms with Crippen molar-refractivity contribution in [3.05, 3.63) is 29.8 Å². The van der Waals surface area contributed by atoms with Crippen LogP contribution in [0.4, 0.5) is 4.39 Å². The van der Waals surface area contributed by atoms with Crippen molar-refractivity contribution >= 4 is 0 Å². The number of nitrogens with zero attached hydrogens (tertiary/aromatic N) is 1. The first-order valence-corrected chi connectivity index (χ1v) is 4.55. The molecule has 0 bridgehead atoms. The first kappa shape index (κ1) is 8.63. The van der Waals surface area contributed by atoms with Crippen molar-refractivity contribution in [3.63, 3.8) is 0 Å². The predicted molar refractivity (Wildman–Crippen MR) is 48.7 cm³/mol. The molecular formula is C10H13FN2. The van der Waals surface area contributed by atoms with E-state index in [1.165, 1.54) is 12.3 Å². The van der Waals surface area contributed by atoms with Crippen LogP contribution in [0.5, 0.6) is 0 Å². The molecule has 1 aromatic heterocycles. The molecule has 1 aromatic rings. The molecule has 0 radical (unpaired) electrons. The number of halogens is 1. The minimum absolute atomic E-state index is 0.278. The molecule has 0 aromatic carbocycles. The second kappa shape index (κ2) is 3.07. The van der Waals surface area contributed by atoms with Crippen molar-refractivity contribution in [1.29, 1.82) is 0 Å². The van der Waals surface area contributed by atoms with Gasteiger partial charge in [-0.05, 0) is 24.5 Å². The molecule has 1 aliphatic carbocycles. The van der Waals surface area contributed by atoms with Gasteiger partial charge in [-0.1, -0.05) is 6.92 Å². The first-order valence-electron chi connectivity index (χ1n) is 4.55. The van der Waals surface area contributed by atoms with Gasteiger partial charge in [0.2, 0.25) is 0 Å². The molecule has 0 amide bonds. The maximum absolute atomic E-state index is 12.6. The van der Waals surface area contributed by atoms with Gasteiger partial charge in [0.1, 0.15) is 5.82 Å². The summed E-state index contributed by atoms with van der Waals surface area (Å²) in [5, 5.41) is 0. The van der Waals surface area contributed by atoms with Gasteiger partial charge in [-0.3, -0.25) is 4.98 Å². The third-order valence-corrected chi connectivity index (χ3v) is 2.97. The molecule has 1 aliphatic rings. The molecule has 3 atom stereocenters. The Kier molecular flexibility index (Phi) is 2.04. The fraction of sp³-hybridized carbons (Fsp3) is 0.500. The minimum Gasteiger partial charge on any atom is -0.327 e. The number of pyridine rings is 1. The summed E-state index contributed by atoms with van der Waals surface area (Å²) in [5.74, 6) is 0.619. The summed E-state index contributed by atoms with van der Waals surface area (Å²) >= 11 is 0. The fourth-order valence-corrected chi connectivity index (χ4v) is 1.82. The van der Waals surface area contributed by atoms with Crippen LogP contribution in [0.15, 0.2) is 18.3 Å². The summed E-state index contributed by atoms with van der Waals surface area (Å²) < 4.78 is 12.6. The molecule has 1 saturated carbocycles. The van der Waals surface area contributed by atoms with E-state index in [2.05, 4.69) is 11.9 Å². The Bertz CT molecular complexity index is 296. The molecule has 3 unspecified atom stereocenters. The number of hydrogen-bond acceptors (Lipinski definition) is 2. The summed E-state index contributed by atoms with van der Waals surface area (Å²) in [6.45, 7) is 2.11. The van der Waals surface area contributed by atoms with Crippen LogP contribution in [-0.4, -0.2) is 11.0 Å². The summed E-state index contributed by atoms with van der Waals surface area (Å²) in [6.07, 6.45) is 2.24. The van der Waals surface area contributed by atoms with Gasteiger partial charge in [0.15, 0.2) is 0 Å². The van der Waals surface area contributed by atoms with Gasteiger partial charge in [-0.15, -0.1) is 0 Å². The molecule has 13 heavy (non-hydrogen) atoms. The van der Waals surface area contributed by atoms with Crippen LogP contribution >= 0.6 is 0 Å². The Morgan fingerprint density at radius 2 is 2.31 bits per heavy atom. The maximum atomic E-state index is 12.6. The van der Waals surface area contributed by atoms with E-state index in [0.29, 0.717) is 11.8 Å². The zero-order valence-electron chi connectivity index (χ0n) is 7.57.